The van der Waals surface area contributed by atoms with Gasteiger partial charge in [-0.15, -0.1) is 0 Å². The molecule has 2 aromatic rings. The summed E-state index contributed by atoms with van der Waals surface area (Å²) in [5.41, 5.74) is 3.01. The van der Waals surface area contributed by atoms with Gasteiger partial charge in [0, 0.05) is 57.6 Å². The van der Waals surface area contributed by atoms with E-state index in [0.717, 1.165) is 42.9 Å². The maximum atomic E-state index is 12.1. The third-order valence-corrected chi connectivity index (χ3v) is 4.49. The molecule has 3 rings (SSSR count). The first kappa shape index (κ1) is 17.6. The van der Waals surface area contributed by atoms with Gasteiger partial charge >= 0.3 is 0 Å². The molecule has 1 saturated heterocycles. The molecule has 1 aliphatic rings. The van der Waals surface area contributed by atoms with Crippen LogP contribution in [0.3, 0.4) is 0 Å². The van der Waals surface area contributed by atoms with E-state index in [1.807, 2.05) is 29.1 Å². The van der Waals surface area contributed by atoms with Crippen LogP contribution in [0.25, 0.3) is 0 Å². The van der Waals surface area contributed by atoms with E-state index >= 15 is 0 Å². The molecule has 6 nitrogen and oxygen atoms in total. The molecule has 134 valence electrons. The number of hydrogen-bond acceptors (Lipinski definition) is 4. The minimum absolute atomic E-state index is 0.0358. The number of carbonyl (C=O) groups is 1. The van der Waals surface area contributed by atoms with Crippen LogP contribution in [0.15, 0.2) is 36.7 Å². The Bertz CT molecular complexity index is 726. The molecule has 1 unspecified atom stereocenters. The Labute approximate surface area is 149 Å². The topological polar surface area (TPSA) is 50.6 Å². The van der Waals surface area contributed by atoms with Gasteiger partial charge in [-0.05, 0) is 24.6 Å². The van der Waals surface area contributed by atoms with Crippen LogP contribution in [0.2, 0.25) is 0 Å². The number of aromatic nitrogens is 2. The maximum absolute atomic E-state index is 12.1. The van der Waals surface area contributed by atoms with Gasteiger partial charge < -0.3 is 9.64 Å². The van der Waals surface area contributed by atoms with E-state index in [-0.39, 0.29) is 12.0 Å². The molecular weight excluding hydrogens is 316 g/mol. The van der Waals surface area contributed by atoms with Crippen molar-refractivity contribution in [2.75, 3.05) is 33.8 Å². The Morgan fingerprint density at radius 2 is 2.24 bits per heavy atom. The fourth-order valence-electron chi connectivity index (χ4n) is 3.09. The standard InChI is InChI=1S/C19H26N4O2/c1-4-23-13-17(11-20-23)18-14-22(8-9-25-18)12-15-6-5-7-16(10-15)19(24)21(2)3/h5-7,10-11,13,18H,4,8-9,12,14H2,1-3H3. The average Bonchev–Trinajstić information content (AvgIpc) is 3.11. The highest BCUT2D eigenvalue weighted by molar-refractivity contribution is 5.94. The molecule has 2 heterocycles. The Hall–Kier alpha value is -2.18. The van der Waals surface area contributed by atoms with Crippen LogP contribution in [0.4, 0.5) is 0 Å². The van der Waals surface area contributed by atoms with E-state index in [0.29, 0.717) is 6.61 Å². The lowest BCUT2D eigenvalue weighted by Gasteiger charge is -2.32. The minimum atomic E-state index is 0.0358. The van der Waals surface area contributed by atoms with Gasteiger partial charge in [0.2, 0.25) is 0 Å². The first-order chi connectivity index (χ1) is 12.1. The van der Waals surface area contributed by atoms with Gasteiger partial charge in [-0.25, -0.2) is 0 Å². The molecule has 1 aromatic carbocycles. The number of morpholine rings is 1. The number of aryl methyl sites for hydroxylation is 1. The third kappa shape index (κ3) is 4.27. The molecule has 0 aliphatic carbocycles. The fraction of sp³-hybridized carbons (Fsp3) is 0.474. The minimum Gasteiger partial charge on any atom is -0.371 e. The Balaban J connectivity index is 1.66. The smallest absolute Gasteiger partial charge is 0.253 e. The van der Waals surface area contributed by atoms with Crippen LogP contribution in [-0.4, -0.2) is 59.3 Å². The fourth-order valence-corrected chi connectivity index (χ4v) is 3.09. The lowest BCUT2D eigenvalue weighted by molar-refractivity contribution is -0.0329. The largest absolute Gasteiger partial charge is 0.371 e. The van der Waals surface area contributed by atoms with Crippen LogP contribution < -0.4 is 0 Å². The van der Waals surface area contributed by atoms with Gasteiger partial charge in [0.15, 0.2) is 0 Å². The average molecular weight is 342 g/mol. The maximum Gasteiger partial charge on any atom is 0.253 e. The zero-order chi connectivity index (χ0) is 17.8. The first-order valence-electron chi connectivity index (χ1n) is 8.73. The second-order valence-corrected chi connectivity index (χ2v) is 6.62. The highest BCUT2D eigenvalue weighted by Crippen LogP contribution is 2.23. The molecule has 0 saturated carbocycles. The molecular formula is C19H26N4O2. The molecule has 1 aromatic heterocycles. The molecule has 0 radical (unpaired) electrons. The van der Waals surface area contributed by atoms with E-state index in [2.05, 4.69) is 29.2 Å². The Morgan fingerprint density at radius 1 is 1.40 bits per heavy atom. The summed E-state index contributed by atoms with van der Waals surface area (Å²) in [5.74, 6) is 0.0358. The molecule has 0 bridgehead atoms. The van der Waals surface area contributed by atoms with Crippen molar-refractivity contribution in [1.82, 2.24) is 19.6 Å². The number of benzene rings is 1. The zero-order valence-electron chi connectivity index (χ0n) is 15.2. The molecule has 1 atom stereocenters. The summed E-state index contributed by atoms with van der Waals surface area (Å²) in [6, 6.07) is 7.89. The molecule has 25 heavy (non-hydrogen) atoms. The van der Waals surface area contributed by atoms with Gasteiger partial charge in [-0.3, -0.25) is 14.4 Å². The van der Waals surface area contributed by atoms with Crippen LogP contribution >= 0.6 is 0 Å². The van der Waals surface area contributed by atoms with Crippen LogP contribution in [0.5, 0.6) is 0 Å². The number of nitrogens with zero attached hydrogens (tertiary/aromatic N) is 4. The first-order valence-corrected chi connectivity index (χ1v) is 8.73. The lowest BCUT2D eigenvalue weighted by Crippen LogP contribution is -2.37. The molecule has 0 N–H and O–H groups in total. The molecule has 1 aliphatic heterocycles. The van der Waals surface area contributed by atoms with E-state index in [9.17, 15) is 4.79 Å². The predicted molar refractivity (Wildman–Crippen MR) is 96.3 cm³/mol. The molecule has 1 fully saturated rings. The van der Waals surface area contributed by atoms with Crippen molar-refractivity contribution in [2.24, 2.45) is 0 Å². The van der Waals surface area contributed by atoms with Crippen LogP contribution in [-0.2, 0) is 17.8 Å². The van der Waals surface area contributed by atoms with Gasteiger partial charge in [-0.2, -0.15) is 5.10 Å². The van der Waals surface area contributed by atoms with Crippen molar-refractivity contribution in [1.29, 1.82) is 0 Å². The second-order valence-electron chi connectivity index (χ2n) is 6.62. The summed E-state index contributed by atoms with van der Waals surface area (Å²) in [6.07, 6.45) is 4.01. The highest BCUT2D eigenvalue weighted by atomic mass is 16.5. The van der Waals surface area contributed by atoms with Gasteiger partial charge in [-0.1, -0.05) is 12.1 Å². The Morgan fingerprint density at radius 3 is 2.96 bits per heavy atom. The summed E-state index contributed by atoms with van der Waals surface area (Å²) in [7, 11) is 3.55. The highest BCUT2D eigenvalue weighted by Gasteiger charge is 2.23. The van der Waals surface area contributed by atoms with Gasteiger partial charge in [0.1, 0.15) is 0 Å². The van der Waals surface area contributed by atoms with Crippen molar-refractivity contribution >= 4 is 5.91 Å². The summed E-state index contributed by atoms with van der Waals surface area (Å²) >= 11 is 0. The van der Waals surface area contributed by atoms with Crippen molar-refractivity contribution in [3.63, 3.8) is 0 Å². The summed E-state index contributed by atoms with van der Waals surface area (Å²) in [6.45, 7) is 6.19. The van der Waals surface area contributed by atoms with E-state index in [4.69, 9.17) is 4.74 Å². The van der Waals surface area contributed by atoms with Crippen molar-refractivity contribution in [2.45, 2.75) is 26.1 Å². The molecule has 6 heteroatoms. The summed E-state index contributed by atoms with van der Waals surface area (Å²) < 4.78 is 7.85. The van der Waals surface area contributed by atoms with E-state index in [1.165, 1.54) is 0 Å². The third-order valence-electron chi connectivity index (χ3n) is 4.49. The monoisotopic (exact) mass is 342 g/mol. The number of carbonyl (C=O) groups excluding carboxylic acids is 1. The lowest BCUT2D eigenvalue weighted by atomic mass is 10.1. The SMILES string of the molecule is CCn1cc(C2CN(Cc3cccc(C(=O)N(C)C)c3)CCO2)cn1. The normalized spacial score (nSPS) is 18.3. The summed E-state index contributed by atoms with van der Waals surface area (Å²) in [5, 5.41) is 4.34. The van der Waals surface area contributed by atoms with E-state index in [1.54, 1.807) is 19.0 Å². The number of hydrogen-bond donors (Lipinski definition) is 0. The van der Waals surface area contributed by atoms with Gasteiger partial charge in [0.05, 0.1) is 18.9 Å². The van der Waals surface area contributed by atoms with Gasteiger partial charge in [0.25, 0.3) is 5.91 Å². The van der Waals surface area contributed by atoms with Crippen molar-refractivity contribution in [3.8, 4) is 0 Å². The summed E-state index contributed by atoms with van der Waals surface area (Å²) in [4.78, 5) is 16.1. The molecule has 1 amide bonds. The van der Waals surface area contributed by atoms with E-state index < -0.39 is 0 Å². The quantitative estimate of drug-likeness (QED) is 0.836. The van der Waals surface area contributed by atoms with Crippen molar-refractivity contribution < 1.29 is 9.53 Å². The number of amides is 1. The van der Waals surface area contributed by atoms with Crippen LogP contribution in [0, 0.1) is 0 Å². The zero-order valence-corrected chi connectivity index (χ0v) is 15.2. The van der Waals surface area contributed by atoms with Crippen molar-refractivity contribution in [3.05, 3.63) is 53.3 Å². The predicted octanol–water partition coefficient (Wildman–Crippen LogP) is 2.18. The van der Waals surface area contributed by atoms with Crippen LogP contribution in [0.1, 0.15) is 34.5 Å². The number of rotatable bonds is 5. The molecule has 0 spiro atoms. The number of ether oxygens (including phenoxy) is 1. The second kappa shape index (κ2) is 7.80. The Kier molecular flexibility index (Phi) is 5.50.